The van der Waals surface area contributed by atoms with Gasteiger partial charge >= 0.3 is 0 Å². The largest absolute Gasteiger partial charge is 0.357 e. The van der Waals surface area contributed by atoms with E-state index in [9.17, 15) is 0 Å². The van der Waals surface area contributed by atoms with Crippen LogP contribution >= 0.6 is 0 Å². The van der Waals surface area contributed by atoms with Gasteiger partial charge in [0.1, 0.15) is 11.6 Å². The third kappa shape index (κ3) is 2.62. The topological polar surface area (TPSA) is 50.1 Å². The van der Waals surface area contributed by atoms with E-state index in [1.54, 1.807) is 0 Å². The van der Waals surface area contributed by atoms with Gasteiger partial charge in [-0.3, -0.25) is 4.68 Å². The maximum Gasteiger partial charge on any atom is 0.129 e. The maximum atomic E-state index is 4.86. The third-order valence-electron chi connectivity index (χ3n) is 5.24. The van der Waals surface area contributed by atoms with Gasteiger partial charge in [0.2, 0.25) is 0 Å². The van der Waals surface area contributed by atoms with Crippen molar-refractivity contribution in [3.63, 3.8) is 0 Å². The van der Waals surface area contributed by atoms with Crippen molar-refractivity contribution in [2.75, 3.05) is 29.4 Å². The van der Waals surface area contributed by atoms with Crippen LogP contribution in [0.4, 0.5) is 11.6 Å². The van der Waals surface area contributed by atoms with Gasteiger partial charge in [-0.05, 0) is 37.1 Å². The van der Waals surface area contributed by atoms with Crippen LogP contribution in [0.15, 0.2) is 30.5 Å². The Morgan fingerprint density at radius 3 is 2.24 bits per heavy atom. The monoisotopic (exact) mass is 334 g/mol. The Labute approximate surface area is 147 Å². The van der Waals surface area contributed by atoms with Crippen LogP contribution in [-0.4, -0.2) is 39.4 Å². The van der Waals surface area contributed by atoms with Crippen molar-refractivity contribution < 1.29 is 0 Å². The van der Waals surface area contributed by atoms with Gasteiger partial charge in [0.25, 0.3) is 0 Å². The van der Waals surface area contributed by atoms with E-state index in [-0.39, 0.29) is 0 Å². The van der Waals surface area contributed by atoms with Gasteiger partial charge in [0.05, 0.1) is 16.7 Å². The van der Waals surface area contributed by atoms with Crippen molar-refractivity contribution in [1.29, 1.82) is 0 Å². The smallest absolute Gasteiger partial charge is 0.129 e. The van der Waals surface area contributed by atoms with Crippen molar-refractivity contribution in [2.45, 2.75) is 25.8 Å². The highest BCUT2D eigenvalue weighted by molar-refractivity contribution is 5.78. The van der Waals surface area contributed by atoms with E-state index in [0.717, 1.165) is 55.3 Å². The van der Waals surface area contributed by atoms with E-state index < -0.39 is 0 Å². The van der Waals surface area contributed by atoms with Gasteiger partial charge in [-0.25, -0.2) is 9.97 Å². The second-order valence-electron chi connectivity index (χ2n) is 7.02. The molecule has 3 aromatic rings. The minimum absolute atomic E-state index is 0.876. The molecule has 25 heavy (non-hydrogen) atoms. The minimum atomic E-state index is 0.876. The van der Waals surface area contributed by atoms with Gasteiger partial charge in [-0.1, -0.05) is 0 Å². The quantitative estimate of drug-likeness (QED) is 0.721. The number of hydrogen-bond donors (Lipinski definition) is 0. The molecule has 1 fully saturated rings. The molecule has 2 aliphatic rings. The van der Waals surface area contributed by atoms with E-state index in [4.69, 9.17) is 9.97 Å². The number of fused-ring (bicyclic) bond motifs is 2. The van der Waals surface area contributed by atoms with Crippen molar-refractivity contribution in [2.24, 2.45) is 7.05 Å². The summed E-state index contributed by atoms with van der Waals surface area (Å²) >= 11 is 0. The zero-order valence-corrected chi connectivity index (χ0v) is 14.5. The predicted octanol–water partition coefficient (Wildman–Crippen LogP) is 2.53. The average Bonchev–Trinajstić information content (AvgIpc) is 3.28. The summed E-state index contributed by atoms with van der Waals surface area (Å²) in [5, 5.41) is 4.53. The molecular weight excluding hydrogens is 312 g/mol. The van der Waals surface area contributed by atoms with E-state index >= 15 is 0 Å². The second-order valence-corrected chi connectivity index (χ2v) is 7.02. The summed E-state index contributed by atoms with van der Waals surface area (Å²) in [6, 6.07) is 8.43. The highest BCUT2D eigenvalue weighted by atomic mass is 15.3. The Morgan fingerprint density at radius 2 is 1.52 bits per heavy atom. The predicted molar refractivity (Wildman–Crippen MR) is 98.9 cm³/mol. The number of anilines is 2. The molecular formula is C19H22N6. The molecule has 0 atom stereocenters. The molecule has 0 saturated carbocycles. The number of hydrogen-bond acceptors (Lipinski definition) is 5. The highest BCUT2D eigenvalue weighted by Crippen LogP contribution is 2.26. The van der Waals surface area contributed by atoms with Crippen molar-refractivity contribution >= 4 is 22.7 Å². The molecule has 0 spiro atoms. The van der Waals surface area contributed by atoms with Gasteiger partial charge in [0, 0.05) is 51.4 Å². The molecule has 1 saturated heterocycles. The Kier molecular flexibility index (Phi) is 3.36. The number of rotatable bonds is 2. The van der Waals surface area contributed by atoms with Gasteiger partial charge in [0.15, 0.2) is 0 Å². The first kappa shape index (κ1) is 14.7. The van der Waals surface area contributed by atoms with Crippen LogP contribution in [0.3, 0.4) is 0 Å². The van der Waals surface area contributed by atoms with Crippen LogP contribution < -0.4 is 9.80 Å². The number of aryl methyl sites for hydroxylation is 1. The normalized spacial score (nSPS) is 17.3. The number of nitrogens with zero attached hydrogens (tertiary/aromatic N) is 6. The molecule has 0 aromatic carbocycles. The second kappa shape index (κ2) is 5.72. The van der Waals surface area contributed by atoms with E-state index in [1.807, 2.05) is 11.7 Å². The summed E-state index contributed by atoms with van der Waals surface area (Å²) < 4.78 is 1.91. The van der Waals surface area contributed by atoms with Gasteiger partial charge < -0.3 is 9.80 Å². The summed E-state index contributed by atoms with van der Waals surface area (Å²) in [6.45, 7) is 4.07. The molecule has 2 aliphatic heterocycles. The lowest BCUT2D eigenvalue weighted by molar-refractivity contribution is 0.696. The zero-order valence-electron chi connectivity index (χ0n) is 14.5. The fraction of sp³-hybridized carbons (Fsp3) is 0.421. The molecule has 128 valence electrons. The molecule has 0 amide bonds. The highest BCUT2D eigenvalue weighted by Gasteiger charge is 2.20. The van der Waals surface area contributed by atoms with E-state index in [2.05, 4.69) is 45.4 Å². The third-order valence-corrected chi connectivity index (χ3v) is 5.24. The zero-order chi connectivity index (χ0) is 16.8. The molecule has 0 unspecified atom stereocenters. The SMILES string of the molecule is Cn1cc2c(n1)CCN(c1ccc3nc(N4CCCC4)ccc3n1)C2. The van der Waals surface area contributed by atoms with Crippen LogP contribution in [0, 0.1) is 0 Å². The Bertz CT molecular complexity index is 925. The Morgan fingerprint density at radius 1 is 0.840 bits per heavy atom. The molecule has 0 bridgehead atoms. The van der Waals surface area contributed by atoms with Gasteiger partial charge in [-0.2, -0.15) is 5.10 Å². The molecule has 5 rings (SSSR count). The van der Waals surface area contributed by atoms with Gasteiger partial charge in [-0.15, -0.1) is 0 Å². The van der Waals surface area contributed by atoms with Crippen molar-refractivity contribution in [3.8, 4) is 0 Å². The molecule has 5 heterocycles. The summed E-state index contributed by atoms with van der Waals surface area (Å²) in [5.74, 6) is 2.11. The first-order valence-corrected chi connectivity index (χ1v) is 9.05. The van der Waals surface area contributed by atoms with Crippen molar-refractivity contribution in [1.82, 2.24) is 19.7 Å². The summed E-state index contributed by atoms with van der Waals surface area (Å²) in [7, 11) is 1.99. The Balaban J connectivity index is 1.43. The molecule has 0 aliphatic carbocycles. The van der Waals surface area contributed by atoms with Crippen LogP contribution in [0.25, 0.3) is 11.0 Å². The molecule has 0 radical (unpaired) electrons. The summed E-state index contributed by atoms with van der Waals surface area (Å²) in [5.41, 5.74) is 4.47. The van der Waals surface area contributed by atoms with Crippen LogP contribution in [0.2, 0.25) is 0 Å². The lowest BCUT2D eigenvalue weighted by atomic mass is 10.1. The maximum absolute atomic E-state index is 4.86. The van der Waals surface area contributed by atoms with E-state index in [0.29, 0.717) is 0 Å². The molecule has 6 nitrogen and oxygen atoms in total. The fourth-order valence-electron chi connectivity index (χ4n) is 3.93. The number of aromatic nitrogens is 4. The Hall–Kier alpha value is -2.63. The summed E-state index contributed by atoms with van der Waals surface area (Å²) in [4.78, 5) is 14.4. The van der Waals surface area contributed by atoms with Crippen molar-refractivity contribution in [3.05, 3.63) is 41.7 Å². The molecule has 3 aromatic heterocycles. The van der Waals surface area contributed by atoms with Crippen LogP contribution in [-0.2, 0) is 20.0 Å². The lowest BCUT2D eigenvalue weighted by Gasteiger charge is -2.27. The van der Waals surface area contributed by atoms with E-state index in [1.165, 1.54) is 24.1 Å². The summed E-state index contributed by atoms with van der Waals surface area (Å²) in [6.07, 6.45) is 5.62. The standard InChI is InChI=1S/C19H22N6/c1-23-12-14-13-25(11-8-15(14)22-23)19-7-5-16-17(21-19)4-6-18(20-16)24-9-2-3-10-24/h4-7,12H,2-3,8-11,13H2,1H3. The first-order valence-electron chi connectivity index (χ1n) is 9.05. The molecule has 6 heteroatoms. The van der Waals surface area contributed by atoms with Crippen LogP contribution in [0.5, 0.6) is 0 Å². The molecule has 0 N–H and O–H groups in total. The fourth-order valence-corrected chi connectivity index (χ4v) is 3.93. The number of pyridine rings is 2. The minimum Gasteiger partial charge on any atom is -0.357 e. The first-order chi connectivity index (χ1) is 12.3. The lowest BCUT2D eigenvalue weighted by Crippen LogP contribution is -2.30. The average molecular weight is 334 g/mol. The van der Waals surface area contributed by atoms with Crippen LogP contribution in [0.1, 0.15) is 24.1 Å².